The topological polar surface area (TPSA) is 110 Å². The minimum Gasteiger partial charge on any atom is -0.595 e. The van der Waals surface area contributed by atoms with Crippen LogP contribution in [0.5, 0.6) is 0 Å². The van der Waals surface area contributed by atoms with Crippen molar-refractivity contribution in [3.05, 3.63) is 47.0 Å². The molecule has 0 bridgehead atoms. The Morgan fingerprint density at radius 1 is 1.20 bits per heavy atom. The maximum atomic E-state index is 11.6. The summed E-state index contributed by atoms with van der Waals surface area (Å²) in [5, 5.41) is 27.7. The van der Waals surface area contributed by atoms with E-state index in [0.717, 1.165) is 44.7 Å². The molecule has 1 aromatic heterocycles. The Labute approximate surface area is 206 Å². The van der Waals surface area contributed by atoms with E-state index >= 15 is 0 Å². The molecule has 0 spiro atoms. The number of allylic oxidation sites excluding steroid dienone is 1. The number of nitrogens with one attached hydrogen (secondary N) is 1. The van der Waals surface area contributed by atoms with Crippen LogP contribution < -0.4 is 5.23 Å². The zero-order valence-electron chi connectivity index (χ0n) is 21.1. The number of carbonyl (C=O) groups excluding carboxylic acids is 1. The average Bonchev–Trinajstić information content (AvgIpc) is 3.29. The van der Waals surface area contributed by atoms with Crippen LogP contribution in [-0.2, 0) is 11.2 Å². The number of piperazine rings is 1. The molecule has 190 valence electrons. The van der Waals surface area contributed by atoms with Gasteiger partial charge < -0.3 is 14.5 Å². The van der Waals surface area contributed by atoms with Gasteiger partial charge in [0.25, 0.3) is 0 Å². The molecule has 1 aliphatic heterocycles. The van der Waals surface area contributed by atoms with Crippen LogP contribution in [0.15, 0.2) is 40.3 Å². The van der Waals surface area contributed by atoms with Crippen LogP contribution >= 0.6 is 0 Å². The lowest BCUT2D eigenvalue weighted by Crippen LogP contribution is -2.99. The first kappa shape index (κ1) is 25.5. The Bertz CT molecular complexity index is 1020. The van der Waals surface area contributed by atoms with E-state index in [4.69, 9.17) is 9.62 Å². The number of hydrogen-bond donors (Lipinski definition) is 2. The maximum absolute atomic E-state index is 11.6. The predicted molar refractivity (Wildman–Crippen MR) is 132 cm³/mol. The molecular weight excluding hydrogens is 446 g/mol. The third-order valence-corrected chi connectivity index (χ3v) is 7.64. The molecule has 1 saturated heterocycles. The monoisotopic (exact) mass is 483 g/mol. The summed E-state index contributed by atoms with van der Waals surface area (Å²) in [7, 11) is 0. The van der Waals surface area contributed by atoms with Gasteiger partial charge in [0.2, 0.25) is 17.7 Å². The molecule has 0 radical (unpaired) electrons. The molecule has 4 atom stereocenters. The molecule has 4 rings (SSSR count). The number of rotatable bonds is 7. The van der Waals surface area contributed by atoms with E-state index in [9.17, 15) is 10.0 Å². The van der Waals surface area contributed by atoms with Crippen molar-refractivity contribution in [2.24, 2.45) is 23.7 Å². The van der Waals surface area contributed by atoms with Gasteiger partial charge >= 0.3 is 0 Å². The summed E-state index contributed by atoms with van der Waals surface area (Å²) in [6.45, 7) is 13.0. The Balaban J connectivity index is 1.41. The first-order chi connectivity index (χ1) is 16.7. The summed E-state index contributed by atoms with van der Waals surface area (Å²) in [5.74, 6) is 3.19. The van der Waals surface area contributed by atoms with Crippen molar-refractivity contribution in [1.82, 2.24) is 20.0 Å². The SMILES string of the molecule is CC(=O)N1CCN(CC2C=C(C)C(Cc3nnc(-c4ccc([NH+]([O-])O)cc4)o3)CC2C(C)C)CC1. The minimum absolute atomic E-state index is 0.169. The van der Waals surface area contributed by atoms with Gasteiger partial charge in [0, 0.05) is 63.8 Å². The average molecular weight is 484 g/mol. The molecule has 2 heterocycles. The van der Waals surface area contributed by atoms with Gasteiger partial charge in [-0.1, -0.05) is 25.5 Å². The van der Waals surface area contributed by atoms with Gasteiger partial charge in [0.15, 0.2) is 5.69 Å². The predicted octanol–water partition coefficient (Wildman–Crippen LogP) is 2.70. The standard InChI is InChI=1S/C26H37N5O4/c1-17(2)24-14-21(18(3)13-22(24)16-29-9-11-30(12-10-29)19(4)32)15-25-27-28-26(35-25)20-5-7-23(8-6-20)31(33)34/h5-8,13,17,21-22,24,31,33H,9-12,14-16H2,1-4H3. The molecule has 1 aliphatic carbocycles. The summed E-state index contributed by atoms with van der Waals surface area (Å²) in [6.07, 6.45) is 4.25. The number of quaternary nitrogens is 1. The van der Waals surface area contributed by atoms with Gasteiger partial charge in [-0.25, -0.2) is 5.21 Å². The van der Waals surface area contributed by atoms with Gasteiger partial charge in [0.1, 0.15) is 0 Å². The molecule has 1 aromatic carbocycles. The molecule has 9 heteroatoms. The quantitative estimate of drug-likeness (QED) is 0.460. The van der Waals surface area contributed by atoms with E-state index < -0.39 is 5.23 Å². The molecule has 2 aliphatic rings. The van der Waals surface area contributed by atoms with E-state index in [0.29, 0.717) is 41.9 Å². The van der Waals surface area contributed by atoms with Crippen LogP contribution in [-0.4, -0.2) is 63.8 Å². The molecule has 0 saturated carbocycles. The largest absolute Gasteiger partial charge is 0.595 e. The van der Waals surface area contributed by atoms with Crippen LogP contribution in [0.2, 0.25) is 0 Å². The Morgan fingerprint density at radius 3 is 2.49 bits per heavy atom. The molecule has 2 N–H and O–H groups in total. The van der Waals surface area contributed by atoms with Gasteiger partial charge in [-0.15, -0.1) is 10.2 Å². The van der Waals surface area contributed by atoms with Gasteiger partial charge in [0.05, 0.1) is 0 Å². The van der Waals surface area contributed by atoms with Gasteiger partial charge in [-0.05, 0) is 49.1 Å². The number of aromatic nitrogens is 2. The Morgan fingerprint density at radius 2 is 1.89 bits per heavy atom. The number of nitrogens with zero attached hydrogens (tertiary/aromatic N) is 4. The molecular formula is C26H37N5O4. The highest BCUT2D eigenvalue weighted by atomic mass is 16.8. The van der Waals surface area contributed by atoms with Crippen molar-refractivity contribution in [1.29, 1.82) is 0 Å². The minimum atomic E-state index is -0.960. The van der Waals surface area contributed by atoms with E-state index in [1.54, 1.807) is 31.2 Å². The van der Waals surface area contributed by atoms with E-state index in [-0.39, 0.29) is 11.6 Å². The van der Waals surface area contributed by atoms with Gasteiger partial charge in [-0.2, -0.15) is 5.23 Å². The van der Waals surface area contributed by atoms with Crippen molar-refractivity contribution in [2.45, 2.75) is 40.5 Å². The van der Waals surface area contributed by atoms with Crippen molar-refractivity contribution in [3.8, 4) is 11.5 Å². The fourth-order valence-corrected chi connectivity index (χ4v) is 5.45. The summed E-state index contributed by atoms with van der Waals surface area (Å²) < 4.78 is 5.96. The third-order valence-electron chi connectivity index (χ3n) is 7.64. The van der Waals surface area contributed by atoms with E-state index in [1.165, 1.54) is 5.57 Å². The van der Waals surface area contributed by atoms with Crippen LogP contribution in [0.1, 0.15) is 40.0 Å². The number of amides is 1. The van der Waals surface area contributed by atoms with E-state index in [2.05, 4.69) is 41.9 Å². The molecule has 4 unspecified atom stereocenters. The summed E-state index contributed by atoms with van der Waals surface area (Å²) in [6, 6.07) is 6.48. The van der Waals surface area contributed by atoms with Crippen LogP contribution in [0.25, 0.3) is 11.5 Å². The van der Waals surface area contributed by atoms with Crippen molar-refractivity contribution in [2.75, 3.05) is 32.7 Å². The Kier molecular flexibility index (Phi) is 8.01. The number of hydrogen-bond acceptors (Lipinski definition) is 7. The fraction of sp³-hybridized carbons (Fsp3) is 0.577. The second-order valence-electron chi connectivity index (χ2n) is 10.3. The fourth-order valence-electron chi connectivity index (χ4n) is 5.45. The lowest BCUT2D eigenvalue weighted by molar-refractivity contribution is -0.991. The highest BCUT2D eigenvalue weighted by Gasteiger charge is 2.34. The second-order valence-corrected chi connectivity index (χ2v) is 10.3. The molecule has 1 fully saturated rings. The third kappa shape index (κ3) is 6.16. The van der Waals surface area contributed by atoms with Crippen LogP contribution in [0.3, 0.4) is 0 Å². The number of benzene rings is 1. The highest BCUT2D eigenvalue weighted by molar-refractivity contribution is 5.73. The van der Waals surface area contributed by atoms with Crippen LogP contribution in [0, 0.1) is 28.9 Å². The first-order valence-corrected chi connectivity index (χ1v) is 12.5. The zero-order valence-corrected chi connectivity index (χ0v) is 21.1. The lowest BCUT2D eigenvalue weighted by Gasteiger charge is -2.41. The molecule has 9 nitrogen and oxygen atoms in total. The molecule has 1 amide bonds. The second kappa shape index (κ2) is 11.0. The van der Waals surface area contributed by atoms with Crippen LogP contribution in [0.4, 0.5) is 5.69 Å². The molecule has 2 aromatic rings. The van der Waals surface area contributed by atoms with Crippen molar-refractivity contribution >= 4 is 11.6 Å². The first-order valence-electron chi connectivity index (χ1n) is 12.5. The Hall–Kier alpha value is -2.59. The summed E-state index contributed by atoms with van der Waals surface area (Å²) in [5.41, 5.74) is 2.32. The number of carbonyl (C=O) groups is 1. The normalized spacial score (nSPS) is 24.5. The summed E-state index contributed by atoms with van der Waals surface area (Å²) >= 11 is 0. The maximum Gasteiger partial charge on any atom is 0.247 e. The summed E-state index contributed by atoms with van der Waals surface area (Å²) in [4.78, 5) is 16.1. The van der Waals surface area contributed by atoms with Crippen molar-refractivity contribution < 1.29 is 19.6 Å². The van der Waals surface area contributed by atoms with Crippen molar-refractivity contribution in [3.63, 3.8) is 0 Å². The van der Waals surface area contributed by atoms with Gasteiger partial charge in [-0.3, -0.25) is 9.69 Å². The van der Waals surface area contributed by atoms with E-state index in [1.807, 2.05) is 4.90 Å². The zero-order chi connectivity index (χ0) is 25.1. The lowest BCUT2D eigenvalue weighted by atomic mass is 9.69. The molecule has 35 heavy (non-hydrogen) atoms. The smallest absolute Gasteiger partial charge is 0.247 e. The highest BCUT2D eigenvalue weighted by Crippen LogP contribution is 2.39.